The van der Waals surface area contributed by atoms with Crippen LogP contribution in [0.15, 0.2) is 23.6 Å². The largest absolute Gasteiger partial charge is 0.241 e. The second kappa shape index (κ2) is 4.29. The highest BCUT2D eigenvalue weighted by atomic mass is 35.5. The van der Waals surface area contributed by atoms with E-state index in [2.05, 4.69) is 4.98 Å². The predicted molar refractivity (Wildman–Crippen MR) is 61.9 cm³/mol. The van der Waals surface area contributed by atoms with E-state index >= 15 is 0 Å². The molecule has 15 heavy (non-hydrogen) atoms. The first kappa shape index (κ1) is 10.6. The minimum absolute atomic E-state index is 0.323. The molecule has 1 nitrogen and oxygen atoms in total. The van der Waals surface area contributed by atoms with Crippen LogP contribution < -0.4 is 0 Å². The SMILES string of the molecule is CCc1csc(-c2ccc(F)cc2Cl)n1. The number of hydrogen-bond acceptors (Lipinski definition) is 2. The molecule has 0 amide bonds. The quantitative estimate of drug-likeness (QED) is 0.769. The summed E-state index contributed by atoms with van der Waals surface area (Å²) in [5.41, 5.74) is 1.83. The Labute approximate surface area is 96.5 Å². The molecule has 2 rings (SSSR count). The zero-order valence-corrected chi connectivity index (χ0v) is 9.70. The van der Waals surface area contributed by atoms with E-state index in [4.69, 9.17) is 11.6 Å². The van der Waals surface area contributed by atoms with Gasteiger partial charge in [-0.05, 0) is 24.6 Å². The van der Waals surface area contributed by atoms with Crippen LogP contribution in [0, 0.1) is 5.82 Å². The van der Waals surface area contributed by atoms with E-state index in [1.165, 1.54) is 23.5 Å². The fraction of sp³-hybridized carbons (Fsp3) is 0.182. The molecule has 0 spiro atoms. The maximum absolute atomic E-state index is 12.8. The molecule has 0 unspecified atom stereocenters. The molecule has 0 bridgehead atoms. The zero-order chi connectivity index (χ0) is 10.8. The summed E-state index contributed by atoms with van der Waals surface area (Å²) in [6.45, 7) is 2.05. The highest BCUT2D eigenvalue weighted by Crippen LogP contribution is 2.30. The Balaban J connectivity index is 2.44. The van der Waals surface area contributed by atoms with E-state index in [-0.39, 0.29) is 5.82 Å². The van der Waals surface area contributed by atoms with Crippen LogP contribution in [0.5, 0.6) is 0 Å². The Morgan fingerprint density at radius 2 is 2.27 bits per heavy atom. The molecule has 0 aliphatic carbocycles. The number of halogens is 2. The third-order valence-corrected chi connectivity index (χ3v) is 3.31. The van der Waals surface area contributed by atoms with Crippen molar-refractivity contribution in [1.29, 1.82) is 0 Å². The van der Waals surface area contributed by atoms with E-state index in [0.29, 0.717) is 5.02 Å². The molecule has 78 valence electrons. The van der Waals surface area contributed by atoms with Gasteiger partial charge in [-0.15, -0.1) is 11.3 Å². The second-order valence-corrected chi connectivity index (χ2v) is 4.39. The molecular formula is C11H9ClFNS. The Bertz CT molecular complexity index is 481. The van der Waals surface area contributed by atoms with Crippen LogP contribution in [0.25, 0.3) is 10.6 Å². The summed E-state index contributed by atoms with van der Waals surface area (Å²) < 4.78 is 12.8. The lowest BCUT2D eigenvalue weighted by Crippen LogP contribution is -1.83. The van der Waals surface area contributed by atoms with Gasteiger partial charge >= 0.3 is 0 Å². The molecule has 0 aliphatic heterocycles. The fourth-order valence-electron chi connectivity index (χ4n) is 1.26. The highest BCUT2D eigenvalue weighted by molar-refractivity contribution is 7.13. The first-order valence-electron chi connectivity index (χ1n) is 4.60. The van der Waals surface area contributed by atoms with E-state index in [1.54, 1.807) is 6.07 Å². The zero-order valence-electron chi connectivity index (χ0n) is 8.13. The number of hydrogen-bond donors (Lipinski definition) is 0. The van der Waals surface area contributed by atoms with Gasteiger partial charge in [0.25, 0.3) is 0 Å². The molecule has 0 N–H and O–H groups in total. The fourth-order valence-corrected chi connectivity index (χ4v) is 2.51. The van der Waals surface area contributed by atoms with E-state index in [9.17, 15) is 4.39 Å². The molecule has 4 heteroatoms. The van der Waals surface area contributed by atoms with Crippen LogP contribution >= 0.6 is 22.9 Å². The Kier molecular flexibility index (Phi) is 3.03. The smallest absolute Gasteiger partial charge is 0.125 e. The van der Waals surface area contributed by atoms with Crippen LogP contribution in [0.2, 0.25) is 5.02 Å². The van der Waals surface area contributed by atoms with Crippen molar-refractivity contribution < 1.29 is 4.39 Å². The third kappa shape index (κ3) is 2.19. The average molecular weight is 242 g/mol. The van der Waals surface area contributed by atoms with Gasteiger partial charge in [0.15, 0.2) is 0 Å². The minimum atomic E-state index is -0.323. The summed E-state index contributed by atoms with van der Waals surface area (Å²) in [7, 11) is 0. The number of rotatable bonds is 2. The van der Waals surface area contributed by atoms with Gasteiger partial charge in [0.2, 0.25) is 0 Å². The lowest BCUT2D eigenvalue weighted by Gasteiger charge is -1.99. The number of benzene rings is 1. The van der Waals surface area contributed by atoms with Crippen LogP contribution in [0.3, 0.4) is 0 Å². The summed E-state index contributed by atoms with van der Waals surface area (Å²) in [6.07, 6.45) is 0.898. The molecule has 0 fully saturated rings. The van der Waals surface area contributed by atoms with Gasteiger partial charge in [-0.2, -0.15) is 0 Å². The summed E-state index contributed by atoms with van der Waals surface area (Å²) in [5, 5.41) is 3.25. The summed E-state index contributed by atoms with van der Waals surface area (Å²) in [5.74, 6) is -0.323. The van der Waals surface area contributed by atoms with Crippen molar-refractivity contribution in [2.24, 2.45) is 0 Å². The lowest BCUT2D eigenvalue weighted by molar-refractivity contribution is 0.628. The maximum Gasteiger partial charge on any atom is 0.125 e. The summed E-state index contributed by atoms with van der Waals surface area (Å²) >= 11 is 7.47. The first-order valence-corrected chi connectivity index (χ1v) is 5.86. The van der Waals surface area contributed by atoms with Gasteiger partial charge in [0, 0.05) is 10.9 Å². The van der Waals surface area contributed by atoms with Crippen LogP contribution in [0.1, 0.15) is 12.6 Å². The van der Waals surface area contributed by atoms with Gasteiger partial charge in [0.1, 0.15) is 10.8 Å². The first-order chi connectivity index (χ1) is 7.20. The van der Waals surface area contributed by atoms with Gasteiger partial charge < -0.3 is 0 Å². The van der Waals surface area contributed by atoms with E-state index < -0.39 is 0 Å². The van der Waals surface area contributed by atoms with Crippen molar-refractivity contribution in [3.8, 4) is 10.6 Å². The van der Waals surface area contributed by atoms with Gasteiger partial charge in [-0.1, -0.05) is 18.5 Å². The third-order valence-electron chi connectivity index (χ3n) is 2.08. The van der Waals surface area contributed by atoms with Gasteiger partial charge in [-0.25, -0.2) is 9.37 Å². The van der Waals surface area contributed by atoms with Crippen LogP contribution in [-0.4, -0.2) is 4.98 Å². The van der Waals surface area contributed by atoms with Gasteiger partial charge in [0.05, 0.1) is 10.7 Å². The van der Waals surface area contributed by atoms with Crippen LogP contribution in [0.4, 0.5) is 4.39 Å². The van der Waals surface area contributed by atoms with Crippen molar-refractivity contribution in [1.82, 2.24) is 4.98 Å². The molecule has 0 radical (unpaired) electrons. The maximum atomic E-state index is 12.8. The molecule has 1 heterocycles. The van der Waals surface area contributed by atoms with Crippen molar-refractivity contribution in [2.75, 3.05) is 0 Å². The van der Waals surface area contributed by atoms with Crippen LogP contribution in [-0.2, 0) is 6.42 Å². The normalized spacial score (nSPS) is 10.6. The number of aryl methyl sites for hydroxylation is 1. The monoisotopic (exact) mass is 241 g/mol. The van der Waals surface area contributed by atoms with Crippen molar-refractivity contribution in [3.63, 3.8) is 0 Å². The number of aromatic nitrogens is 1. The Hall–Kier alpha value is -0.930. The van der Waals surface area contributed by atoms with Crippen molar-refractivity contribution in [3.05, 3.63) is 40.1 Å². The molecule has 0 atom stereocenters. The summed E-state index contributed by atoms with van der Waals surface area (Å²) in [4.78, 5) is 4.40. The number of nitrogens with zero attached hydrogens (tertiary/aromatic N) is 1. The van der Waals surface area contributed by atoms with Crippen molar-refractivity contribution in [2.45, 2.75) is 13.3 Å². The molecule has 1 aromatic heterocycles. The molecule has 2 aromatic rings. The lowest BCUT2D eigenvalue weighted by atomic mass is 10.2. The molecule has 0 saturated heterocycles. The standard InChI is InChI=1S/C11H9ClFNS/c1-2-8-6-15-11(14-8)9-4-3-7(13)5-10(9)12/h3-6H,2H2,1H3. The topological polar surface area (TPSA) is 12.9 Å². The Morgan fingerprint density at radius 3 is 2.87 bits per heavy atom. The van der Waals surface area contributed by atoms with E-state index in [1.807, 2.05) is 12.3 Å². The highest BCUT2D eigenvalue weighted by Gasteiger charge is 2.08. The Morgan fingerprint density at radius 1 is 1.47 bits per heavy atom. The van der Waals surface area contributed by atoms with Gasteiger partial charge in [-0.3, -0.25) is 0 Å². The van der Waals surface area contributed by atoms with Crippen molar-refractivity contribution >= 4 is 22.9 Å². The molecule has 1 aromatic carbocycles. The molecule has 0 aliphatic rings. The summed E-state index contributed by atoms with van der Waals surface area (Å²) in [6, 6.07) is 4.37. The number of thiazole rings is 1. The molecular weight excluding hydrogens is 233 g/mol. The van der Waals surface area contributed by atoms with E-state index in [0.717, 1.165) is 22.7 Å². The minimum Gasteiger partial charge on any atom is -0.241 e. The average Bonchev–Trinajstić information content (AvgIpc) is 2.66. The second-order valence-electron chi connectivity index (χ2n) is 3.12. The molecule has 0 saturated carbocycles. The predicted octanol–water partition coefficient (Wildman–Crippen LogP) is 4.17.